The van der Waals surface area contributed by atoms with E-state index in [2.05, 4.69) is 21.3 Å². The number of pyridine rings is 1. The number of aromatic nitrogens is 1. The predicted molar refractivity (Wildman–Crippen MR) is 150 cm³/mol. The van der Waals surface area contributed by atoms with E-state index in [1.807, 2.05) is 24.3 Å². The molecular formula is C32H31F2N5O3. The van der Waals surface area contributed by atoms with E-state index in [9.17, 15) is 23.2 Å². The second-order valence-corrected chi connectivity index (χ2v) is 10.8. The number of nitrogens with zero attached hydrogens (tertiary/aromatic N) is 4. The number of hydrogen-bond donors (Lipinski definition) is 1. The Hall–Kier alpha value is -4.49. The Bertz CT molecular complexity index is 1490. The molecule has 2 fully saturated rings. The monoisotopic (exact) mass is 571 g/mol. The first-order chi connectivity index (χ1) is 20.3. The van der Waals surface area contributed by atoms with Crippen LogP contribution < -0.4 is 5.32 Å². The molecule has 42 heavy (non-hydrogen) atoms. The number of halogens is 2. The van der Waals surface area contributed by atoms with Crippen LogP contribution in [0.5, 0.6) is 0 Å². The molecule has 10 heteroatoms. The third kappa shape index (κ3) is 6.86. The Morgan fingerprint density at radius 3 is 2.26 bits per heavy atom. The van der Waals surface area contributed by atoms with Gasteiger partial charge in [-0.25, -0.2) is 8.78 Å². The summed E-state index contributed by atoms with van der Waals surface area (Å²) < 4.78 is 27.2. The molecule has 3 aromatic rings. The van der Waals surface area contributed by atoms with Crippen LogP contribution in [0.3, 0.4) is 0 Å². The van der Waals surface area contributed by atoms with Crippen molar-refractivity contribution in [3.8, 4) is 6.07 Å². The summed E-state index contributed by atoms with van der Waals surface area (Å²) in [6, 6.07) is 15.8. The zero-order chi connectivity index (χ0) is 29.6. The largest absolute Gasteiger partial charge is 0.348 e. The van der Waals surface area contributed by atoms with Crippen molar-refractivity contribution in [2.24, 2.45) is 5.92 Å². The fraction of sp³-hybridized carbons (Fsp3) is 0.344. The molecule has 8 nitrogen and oxygen atoms in total. The van der Waals surface area contributed by atoms with Crippen molar-refractivity contribution >= 4 is 17.6 Å². The van der Waals surface area contributed by atoms with Crippen LogP contribution in [-0.4, -0.2) is 64.6 Å². The number of ketones is 1. The third-order valence-corrected chi connectivity index (χ3v) is 8.00. The summed E-state index contributed by atoms with van der Waals surface area (Å²) in [5, 5.41) is 12.0. The second-order valence-electron chi connectivity index (χ2n) is 10.8. The number of nitriles is 1. The van der Waals surface area contributed by atoms with E-state index in [1.165, 1.54) is 12.3 Å². The van der Waals surface area contributed by atoms with Gasteiger partial charge in [-0.2, -0.15) is 5.26 Å². The lowest BCUT2D eigenvalue weighted by atomic mass is 9.88. The molecule has 0 saturated carbocycles. The molecule has 2 amide bonds. The van der Waals surface area contributed by atoms with Gasteiger partial charge < -0.3 is 10.2 Å². The fourth-order valence-electron chi connectivity index (χ4n) is 5.53. The summed E-state index contributed by atoms with van der Waals surface area (Å²) in [4.78, 5) is 46.7. The highest BCUT2D eigenvalue weighted by Gasteiger charge is 2.30. The number of Topliss-reactive ketones (excluding diaryl/α,β-unsaturated/α-hetero) is 1. The smallest absolute Gasteiger partial charge is 0.270 e. The molecule has 1 N–H and O–H groups in total. The Morgan fingerprint density at radius 2 is 1.64 bits per heavy atom. The first-order valence-electron chi connectivity index (χ1n) is 14.1. The lowest BCUT2D eigenvalue weighted by Crippen LogP contribution is -2.44. The van der Waals surface area contributed by atoms with Gasteiger partial charge in [0.25, 0.3) is 11.8 Å². The van der Waals surface area contributed by atoms with E-state index in [-0.39, 0.29) is 34.9 Å². The van der Waals surface area contributed by atoms with E-state index in [0.717, 1.165) is 50.2 Å². The number of amides is 2. The maximum Gasteiger partial charge on any atom is 0.270 e. The minimum absolute atomic E-state index is 0.0326. The quantitative estimate of drug-likeness (QED) is 0.423. The Morgan fingerprint density at radius 1 is 0.929 bits per heavy atom. The topological polar surface area (TPSA) is 106 Å². The van der Waals surface area contributed by atoms with Crippen molar-refractivity contribution in [2.75, 3.05) is 26.2 Å². The van der Waals surface area contributed by atoms with Gasteiger partial charge in [-0.15, -0.1) is 0 Å². The zero-order valence-electron chi connectivity index (χ0n) is 23.1. The van der Waals surface area contributed by atoms with Crippen molar-refractivity contribution in [3.63, 3.8) is 0 Å². The predicted octanol–water partition coefficient (Wildman–Crippen LogP) is 4.36. The summed E-state index contributed by atoms with van der Waals surface area (Å²) in [5.74, 6) is -2.97. The number of benzene rings is 2. The number of carbonyl (C=O) groups excluding carboxylic acids is 3. The maximum atomic E-state index is 14.0. The van der Waals surface area contributed by atoms with Crippen LogP contribution in [0.4, 0.5) is 8.78 Å². The van der Waals surface area contributed by atoms with Crippen molar-refractivity contribution in [1.29, 1.82) is 5.26 Å². The van der Waals surface area contributed by atoms with E-state index in [4.69, 9.17) is 5.26 Å². The summed E-state index contributed by atoms with van der Waals surface area (Å²) in [6.07, 6.45) is 3.77. The molecule has 0 atom stereocenters. The molecule has 0 bridgehead atoms. The van der Waals surface area contributed by atoms with Gasteiger partial charge >= 0.3 is 0 Å². The van der Waals surface area contributed by atoms with Gasteiger partial charge in [-0.3, -0.25) is 24.3 Å². The Labute approximate surface area is 243 Å². The molecule has 3 heterocycles. The van der Waals surface area contributed by atoms with Gasteiger partial charge in [0, 0.05) is 56.9 Å². The molecule has 2 aromatic carbocycles. The van der Waals surface area contributed by atoms with Crippen molar-refractivity contribution in [3.05, 3.63) is 100 Å². The lowest BCUT2D eigenvalue weighted by molar-refractivity contribution is 0.0648. The molecule has 2 aliphatic rings. The van der Waals surface area contributed by atoms with Crippen LogP contribution in [0, 0.1) is 28.9 Å². The summed E-state index contributed by atoms with van der Waals surface area (Å²) in [7, 11) is 0. The summed E-state index contributed by atoms with van der Waals surface area (Å²) in [6.45, 7) is 3.12. The van der Waals surface area contributed by atoms with Gasteiger partial charge in [0.1, 0.15) is 17.3 Å². The number of nitrogens with one attached hydrogen (secondary N) is 1. The number of rotatable bonds is 7. The SMILES string of the molecule is N#Cc1ccc(CN2CCC(NC(=O)c3ccc(C(=O)N4CCC(C(=O)c5ccc(F)cc5F)CC4)cn3)CC2)cc1. The minimum atomic E-state index is -0.876. The van der Waals surface area contributed by atoms with Crippen molar-refractivity contribution < 1.29 is 23.2 Å². The molecule has 0 radical (unpaired) electrons. The van der Waals surface area contributed by atoms with Crippen LogP contribution in [0.15, 0.2) is 60.8 Å². The molecule has 2 saturated heterocycles. The van der Waals surface area contributed by atoms with E-state index in [0.29, 0.717) is 43.1 Å². The highest BCUT2D eigenvalue weighted by molar-refractivity contribution is 5.99. The normalized spacial score (nSPS) is 16.5. The van der Waals surface area contributed by atoms with Crippen LogP contribution in [0.25, 0.3) is 0 Å². The highest BCUT2D eigenvalue weighted by atomic mass is 19.1. The molecule has 0 unspecified atom stereocenters. The van der Waals surface area contributed by atoms with E-state index >= 15 is 0 Å². The van der Waals surface area contributed by atoms with Gasteiger partial charge in [0.15, 0.2) is 5.78 Å². The first-order valence-corrected chi connectivity index (χ1v) is 14.1. The number of carbonyl (C=O) groups is 3. The van der Waals surface area contributed by atoms with Gasteiger partial charge in [-0.05, 0) is 67.6 Å². The molecule has 5 rings (SSSR count). The molecule has 216 valence electrons. The first kappa shape index (κ1) is 29.0. The second kappa shape index (κ2) is 13.0. The van der Waals surface area contributed by atoms with Crippen molar-refractivity contribution in [1.82, 2.24) is 20.1 Å². The van der Waals surface area contributed by atoms with E-state index in [1.54, 1.807) is 11.0 Å². The molecule has 2 aliphatic heterocycles. The third-order valence-electron chi connectivity index (χ3n) is 8.00. The average Bonchev–Trinajstić information content (AvgIpc) is 3.02. The minimum Gasteiger partial charge on any atom is -0.348 e. The number of hydrogen-bond acceptors (Lipinski definition) is 6. The molecule has 0 spiro atoms. The maximum absolute atomic E-state index is 14.0. The summed E-state index contributed by atoms with van der Waals surface area (Å²) >= 11 is 0. The number of piperidine rings is 2. The van der Waals surface area contributed by atoms with Gasteiger partial charge in [0.2, 0.25) is 0 Å². The Balaban J connectivity index is 1.07. The molecular weight excluding hydrogens is 540 g/mol. The van der Waals surface area contributed by atoms with Crippen LogP contribution in [-0.2, 0) is 6.54 Å². The Kier molecular flexibility index (Phi) is 8.98. The van der Waals surface area contributed by atoms with Crippen LogP contribution in [0.2, 0.25) is 0 Å². The zero-order valence-corrected chi connectivity index (χ0v) is 23.1. The molecule has 0 aliphatic carbocycles. The standard InChI is InChI=1S/C32H31F2N5O3/c33-25-6-7-27(28(34)17-25)30(40)23-9-15-39(16-10-23)32(42)24-5-8-29(36-19-24)31(41)37-26-11-13-38(14-12-26)20-22-3-1-21(18-35)2-4-22/h1-8,17,19,23,26H,9-16,20H2,(H,37,41). The average molecular weight is 572 g/mol. The van der Waals surface area contributed by atoms with Gasteiger partial charge in [0.05, 0.1) is 22.8 Å². The summed E-state index contributed by atoms with van der Waals surface area (Å²) in [5.41, 5.74) is 2.23. The highest BCUT2D eigenvalue weighted by Crippen LogP contribution is 2.25. The number of likely N-dealkylation sites (tertiary alicyclic amines) is 2. The lowest BCUT2D eigenvalue weighted by Gasteiger charge is -2.32. The van der Waals surface area contributed by atoms with Gasteiger partial charge in [-0.1, -0.05) is 12.1 Å². The fourth-order valence-corrected chi connectivity index (χ4v) is 5.53. The van der Waals surface area contributed by atoms with E-state index < -0.39 is 17.6 Å². The van der Waals surface area contributed by atoms with Crippen LogP contribution in [0.1, 0.15) is 68.0 Å². The van der Waals surface area contributed by atoms with Crippen molar-refractivity contribution in [2.45, 2.75) is 38.3 Å². The molecule has 1 aromatic heterocycles. The van der Waals surface area contributed by atoms with Crippen LogP contribution >= 0.6 is 0 Å².